The predicted molar refractivity (Wildman–Crippen MR) is 162 cm³/mol. The maximum absolute atomic E-state index is 2.36. The highest BCUT2D eigenvalue weighted by Gasteiger charge is 2.27. The second-order valence-electron chi connectivity index (χ2n) is 10.5. The van der Waals surface area contributed by atoms with Gasteiger partial charge in [0.25, 0.3) is 0 Å². The van der Waals surface area contributed by atoms with E-state index in [0.717, 1.165) is 0 Å². The summed E-state index contributed by atoms with van der Waals surface area (Å²) in [6.07, 6.45) is 5.23. The zero-order valence-electron chi connectivity index (χ0n) is 22.1. The first-order chi connectivity index (χ1) is 18.8. The summed E-state index contributed by atoms with van der Waals surface area (Å²) in [7, 11) is 2.16. The molecule has 2 unspecified atom stereocenters. The average Bonchev–Trinajstić information content (AvgIpc) is 3.02. The molecule has 5 aromatic rings. The average molecular weight is 494 g/mol. The number of anilines is 2. The van der Waals surface area contributed by atoms with Crippen LogP contribution in [-0.2, 0) is 0 Å². The van der Waals surface area contributed by atoms with Gasteiger partial charge in [0.05, 0.1) is 0 Å². The SMILES string of the molecule is CN(c1ccc(-c2ccccc2-c2ccccc2)cc1)c1ccc(C2CCCCC2c2ccccc2)cc1. The van der Waals surface area contributed by atoms with Crippen LogP contribution >= 0.6 is 0 Å². The molecule has 0 radical (unpaired) electrons. The highest BCUT2D eigenvalue weighted by molar-refractivity contribution is 5.84. The number of hydrogen-bond acceptors (Lipinski definition) is 1. The van der Waals surface area contributed by atoms with Crippen molar-refractivity contribution >= 4 is 11.4 Å². The summed E-state index contributed by atoms with van der Waals surface area (Å²) in [5.74, 6) is 1.23. The van der Waals surface area contributed by atoms with Gasteiger partial charge in [-0.2, -0.15) is 0 Å². The fraction of sp³-hybridized carbons (Fsp3) is 0.189. The van der Waals surface area contributed by atoms with Crippen LogP contribution in [0.15, 0.2) is 133 Å². The molecule has 5 aromatic carbocycles. The normalized spacial score (nSPS) is 17.2. The monoisotopic (exact) mass is 493 g/mol. The van der Waals surface area contributed by atoms with Crippen LogP contribution in [0.5, 0.6) is 0 Å². The fourth-order valence-corrected chi connectivity index (χ4v) is 6.19. The highest BCUT2D eigenvalue weighted by Crippen LogP contribution is 2.44. The molecule has 0 heterocycles. The molecule has 0 N–H and O–H groups in total. The molecule has 1 heteroatoms. The topological polar surface area (TPSA) is 3.24 Å². The number of nitrogens with zero attached hydrogens (tertiary/aromatic N) is 1. The molecule has 1 fully saturated rings. The van der Waals surface area contributed by atoms with Gasteiger partial charge in [0.2, 0.25) is 0 Å². The van der Waals surface area contributed by atoms with E-state index >= 15 is 0 Å². The molecular formula is C37H35N. The van der Waals surface area contributed by atoms with E-state index in [4.69, 9.17) is 0 Å². The van der Waals surface area contributed by atoms with Gasteiger partial charge in [-0.15, -0.1) is 0 Å². The van der Waals surface area contributed by atoms with Gasteiger partial charge in [-0.25, -0.2) is 0 Å². The van der Waals surface area contributed by atoms with E-state index in [1.54, 1.807) is 0 Å². The van der Waals surface area contributed by atoms with Crippen LogP contribution < -0.4 is 4.90 Å². The van der Waals surface area contributed by atoms with Crippen molar-refractivity contribution in [3.05, 3.63) is 145 Å². The zero-order chi connectivity index (χ0) is 25.7. The highest BCUT2D eigenvalue weighted by atomic mass is 15.1. The van der Waals surface area contributed by atoms with E-state index in [1.165, 1.54) is 70.4 Å². The van der Waals surface area contributed by atoms with Crippen LogP contribution in [0.1, 0.15) is 48.6 Å². The number of hydrogen-bond donors (Lipinski definition) is 0. The largest absolute Gasteiger partial charge is 0.345 e. The van der Waals surface area contributed by atoms with Gasteiger partial charge in [0.1, 0.15) is 0 Å². The summed E-state index contributed by atoms with van der Waals surface area (Å²) >= 11 is 0. The van der Waals surface area contributed by atoms with Crippen LogP contribution in [-0.4, -0.2) is 7.05 Å². The van der Waals surface area contributed by atoms with Crippen molar-refractivity contribution in [2.24, 2.45) is 0 Å². The Morgan fingerprint density at radius 3 is 1.42 bits per heavy atom. The molecule has 0 saturated heterocycles. The lowest BCUT2D eigenvalue weighted by atomic mass is 9.72. The standard InChI is InChI=1S/C37H35N/c1-38(32-24-20-30(21-25-32)36-18-10-8-16-34(36)28-12-4-2-5-13-28)33-26-22-31(23-27-33)37-19-11-9-17-35(37)29-14-6-3-7-15-29/h2-8,10,12-16,18,20-27,35,37H,9,11,17,19H2,1H3. The smallest absolute Gasteiger partial charge is 0.0408 e. The van der Waals surface area contributed by atoms with Crippen LogP contribution in [0.25, 0.3) is 22.3 Å². The second kappa shape index (κ2) is 11.1. The minimum Gasteiger partial charge on any atom is -0.345 e. The summed E-state index contributed by atoms with van der Waals surface area (Å²) in [6, 6.07) is 48.7. The molecule has 1 aliphatic rings. The Hall–Kier alpha value is -4.10. The van der Waals surface area contributed by atoms with Crippen LogP contribution in [0, 0.1) is 0 Å². The van der Waals surface area contributed by atoms with Crippen molar-refractivity contribution in [1.82, 2.24) is 0 Å². The molecule has 188 valence electrons. The zero-order valence-corrected chi connectivity index (χ0v) is 22.1. The molecular weight excluding hydrogens is 458 g/mol. The number of rotatable bonds is 6. The van der Waals surface area contributed by atoms with E-state index in [1.807, 2.05) is 0 Å². The van der Waals surface area contributed by atoms with Gasteiger partial charge in [-0.3, -0.25) is 0 Å². The van der Waals surface area contributed by atoms with Gasteiger partial charge < -0.3 is 4.90 Å². The summed E-state index contributed by atoms with van der Waals surface area (Å²) in [4.78, 5) is 2.28. The van der Waals surface area contributed by atoms with Crippen molar-refractivity contribution in [1.29, 1.82) is 0 Å². The lowest BCUT2D eigenvalue weighted by Gasteiger charge is -2.32. The van der Waals surface area contributed by atoms with Gasteiger partial charge >= 0.3 is 0 Å². The lowest BCUT2D eigenvalue weighted by molar-refractivity contribution is 0.386. The Balaban J connectivity index is 1.21. The van der Waals surface area contributed by atoms with E-state index in [-0.39, 0.29) is 0 Å². The molecule has 6 rings (SSSR count). The van der Waals surface area contributed by atoms with Crippen molar-refractivity contribution in [2.75, 3.05) is 11.9 Å². The fourth-order valence-electron chi connectivity index (χ4n) is 6.19. The summed E-state index contributed by atoms with van der Waals surface area (Å²) in [6.45, 7) is 0. The molecule has 0 amide bonds. The molecule has 2 atom stereocenters. The third kappa shape index (κ3) is 5.02. The maximum atomic E-state index is 2.36. The second-order valence-corrected chi connectivity index (χ2v) is 10.5. The molecule has 0 spiro atoms. The minimum atomic E-state index is 0.606. The summed E-state index contributed by atoms with van der Waals surface area (Å²) < 4.78 is 0. The first-order valence-corrected chi connectivity index (χ1v) is 13.9. The lowest BCUT2D eigenvalue weighted by Crippen LogP contribution is -2.16. The van der Waals surface area contributed by atoms with Gasteiger partial charge in [0.15, 0.2) is 0 Å². The molecule has 1 aliphatic carbocycles. The van der Waals surface area contributed by atoms with Gasteiger partial charge in [-0.1, -0.05) is 122 Å². The van der Waals surface area contributed by atoms with Crippen LogP contribution in [0.4, 0.5) is 11.4 Å². The molecule has 38 heavy (non-hydrogen) atoms. The Bertz CT molecular complexity index is 1450. The predicted octanol–water partition coefficient (Wildman–Crippen LogP) is 10.2. The van der Waals surface area contributed by atoms with Gasteiger partial charge in [0, 0.05) is 18.4 Å². The third-order valence-electron chi connectivity index (χ3n) is 8.28. The van der Waals surface area contributed by atoms with Crippen molar-refractivity contribution in [3.63, 3.8) is 0 Å². The molecule has 1 nitrogen and oxygen atoms in total. The first-order valence-electron chi connectivity index (χ1n) is 13.9. The molecule has 0 bridgehead atoms. The van der Waals surface area contributed by atoms with Crippen molar-refractivity contribution < 1.29 is 0 Å². The van der Waals surface area contributed by atoms with Crippen LogP contribution in [0.3, 0.4) is 0 Å². The van der Waals surface area contributed by atoms with E-state index in [0.29, 0.717) is 11.8 Å². The Kier molecular flexibility index (Phi) is 7.09. The Morgan fingerprint density at radius 2 is 0.868 bits per heavy atom. The Labute approximate surface area is 227 Å². The van der Waals surface area contributed by atoms with Crippen LogP contribution in [0.2, 0.25) is 0 Å². The summed E-state index contributed by atoms with van der Waals surface area (Å²) in [5, 5.41) is 0. The first kappa shape index (κ1) is 24.2. The summed E-state index contributed by atoms with van der Waals surface area (Å²) in [5.41, 5.74) is 10.4. The van der Waals surface area contributed by atoms with Gasteiger partial charge in [-0.05, 0) is 82.3 Å². The van der Waals surface area contributed by atoms with E-state index in [9.17, 15) is 0 Å². The van der Waals surface area contributed by atoms with E-state index in [2.05, 4.69) is 145 Å². The number of benzene rings is 5. The molecule has 1 saturated carbocycles. The third-order valence-corrected chi connectivity index (χ3v) is 8.28. The Morgan fingerprint density at radius 1 is 0.447 bits per heavy atom. The minimum absolute atomic E-state index is 0.606. The molecule has 0 aromatic heterocycles. The van der Waals surface area contributed by atoms with E-state index < -0.39 is 0 Å². The van der Waals surface area contributed by atoms with Crippen molar-refractivity contribution in [3.8, 4) is 22.3 Å². The quantitative estimate of drug-likeness (QED) is 0.227. The molecule has 0 aliphatic heterocycles. The van der Waals surface area contributed by atoms with Crippen molar-refractivity contribution in [2.45, 2.75) is 37.5 Å². The maximum Gasteiger partial charge on any atom is 0.0408 e.